The first kappa shape index (κ1) is 32.8. The van der Waals surface area contributed by atoms with E-state index in [9.17, 15) is 25.2 Å². The van der Waals surface area contributed by atoms with E-state index in [1.54, 1.807) is 0 Å². The Bertz CT molecular complexity index is 767. The zero-order chi connectivity index (χ0) is 27.8. The summed E-state index contributed by atoms with van der Waals surface area (Å²) in [6, 6.07) is 3.87. The second-order valence-electron chi connectivity index (χ2n) is 11.7. The fourth-order valence-corrected chi connectivity index (χ4v) is 6.12. The Labute approximate surface area is 230 Å². The molecule has 5 N–H and O–H groups in total. The van der Waals surface area contributed by atoms with Gasteiger partial charge in [0.2, 0.25) is 0 Å². The summed E-state index contributed by atoms with van der Waals surface area (Å²) >= 11 is 0. The van der Waals surface area contributed by atoms with Crippen molar-refractivity contribution in [2.45, 2.75) is 147 Å². The van der Waals surface area contributed by atoms with Crippen LogP contribution in [0.1, 0.15) is 127 Å². The highest BCUT2D eigenvalue weighted by atomic mass is 16.4. The summed E-state index contributed by atoms with van der Waals surface area (Å²) in [7, 11) is 0. The van der Waals surface area contributed by atoms with Crippen LogP contribution in [0, 0.1) is 11.8 Å². The van der Waals surface area contributed by atoms with E-state index in [4.69, 9.17) is 5.11 Å². The highest BCUT2D eigenvalue weighted by Crippen LogP contribution is 2.41. The molecule has 7 nitrogen and oxygen atoms in total. The van der Waals surface area contributed by atoms with Gasteiger partial charge in [-0.1, -0.05) is 83.3 Å². The standard InChI is InChI=1S/C31H54NO6/c1-2-3-4-5-8-13-27(34)14-9-6-7-10-15-28(30(36)37)29(35)18-21-31(38)20-11-12-24(31)23-26-17-16-25(32-26)19-22-33/h16-17,24,27-29,33-35,38H,2-15,18-23H2,1H3,(H,36,37)/q-1/t24-,27-,28-,29+,31-/m0/s1. The summed E-state index contributed by atoms with van der Waals surface area (Å²) in [5, 5.41) is 51.1. The molecule has 0 aliphatic heterocycles. The van der Waals surface area contributed by atoms with E-state index in [0.29, 0.717) is 32.1 Å². The zero-order valence-electron chi connectivity index (χ0n) is 23.7. The van der Waals surface area contributed by atoms with Gasteiger partial charge in [0.1, 0.15) is 0 Å². The van der Waals surface area contributed by atoms with Gasteiger partial charge in [-0.3, -0.25) is 4.79 Å². The van der Waals surface area contributed by atoms with Crippen molar-refractivity contribution in [1.82, 2.24) is 4.98 Å². The molecule has 2 rings (SSSR count). The lowest BCUT2D eigenvalue weighted by atomic mass is 9.81. The number of aliphatic carboxylic acids is 1. The normalized spacial score (nSPS) is 22.0. The molecule has 7 heteroatoms. The molecular weight excluding hydrogens is 482 g/mol. The number of aliphatic hydroxyl groups excluding tert-OH is 3. The van der Waals surface area contributed by atoms with E-state index < -0.39 is 23.6 Å². The monoisotopic (exact) mass is 536 g/mol. The van der Waals surface area contributed by atoms with Gasteiger partial charge < -0.3 is 30.5 Å². The van der Waals surface area contributed by atoms with Gasteiger partial charge in [-0.05, 0) is 63.7 Å². The van der Waals surface area contributed by atoms with E-state index in [-0.39, 0.29) is 25.0 Å². The molecular formula is C31H54NO6-. The van der Waals surface area contributed by atoms with Crippen molar-refractivity contribution in [2.24, 2.45) is 11.8 Å². The van der Waals surface area contributed by atoms with Gasteiger partial charge in [-0.25, -0.2) is 0 Å². The zero-order valence-corrected chi connectivity index (χ0v) is 23.7. The SMILES string of the molecule is CCCCCCC[C@H](O)CCCCCC[C@H](C(=O)O)[C@H](O)CC[C@@]1(O)CCC[C@H]1Cc1ccc(CCO)[n-]1. The first-order valence-electron chi connectivity index (χ1n) is 15.3. The number of aromatic nitrogens is 1. The molecule has 0 aromatic carbocycles. The van der Waals surface area contributed by atoms with Gasteiger partial charge in [0.15, 0.2) is 0 Å². The second kappa shape index (κ2) is 18.0. The smallest absolute Gasteiger partial charge is 0.309 e. The maximum atomic E-state index is 11.9. The Kier molecular flexibility index (Phi) is 15.6. The van der Waals surface area contributed by atoms with Crippen LogP contribution in [0.5, 0.6) is 0 Å². The van der Waals surface area contributed by atoms with Crippen LogP contribution in [0.2, 0.25) is 0 Å². The average molecular weight is 537 g/mol. The van der Waals surface area contributed by atoms with Crippen LogP contribution in [-0.4, -0.2) is 55.9 Å². The Morgan fingerprint density at radius 2 is 1.61 bits per heavy atom. The summed E-state index contributed by atoms with van der Waals surface area (Å²) < 4.78 is 0. The van der Waals surface area contributed by atoms with Crippen molar-refractivity contribution in [3.63, 3.8) is 0 Å². The predicted octanol–water partition coefficient (Wildman–Crippen LogP) is 5.16. The maximum absolute atomic E-state index is 11.9. The third kappa shape index (κ3) is 11.8. The molecule has 1 fully saturated rings. The molecule has 0 bridgehead atoms. The maximum Gasteiger partial charge on any atom is 0.309 e. The number of nitrogens with zero attached hydrogens (tertiary/aromatic N) is 1. The van der Waals surface area contributed by atoms with Crippen LogP contribution in [0.4, 0.5) is 0 Å². The Morgan fingerprint density at radius 3 is 2.24 bits per heavy atom. The van der Waals surface area contributed by atoms with Crippen LogP contribution < -0.4 is 4.98 Å². The summed E-state index contributed by atoms with van der Waals surface area (Å²) in [5.74, 6) is -1.74. The molecule has 1 aromatic heterocycles. The van der Waals surface area contributed by atoms with E-state index in [2.05, 4.69) is 11.9 Å². The lowest BCUT2D eigenvalue weighted by molar-refractivity contribution is -0.146. The average Bonchev–Trinajstić information content (AvgIpc) is 3.48. The predicted molar refractivity (Wildman–Crippen MR) is 150 cm³/mol. The number of rotatable bonds is 22. The number of hydrogen-bond donors (Lipinski definition) is 5. The lowest BCUT2D eigenvalue weighted by Crippen LogP contribution is -2.37. The van der Waals surface area contributed by atoms with Crippen LogP contribution in [0.25, 0.3) is 0 Å². The molecule has 1 aliphatic rings. The quantitative estimate of drug-likeness (QED) is 0.129. The van der Waals surface area contributed by atoms with Crippen molar-refractivity contribution in [2.75, 3.05) is 6.61 Å². The fourth-order valence-electron chi connectivity index (χ4n) is 6.12. The highest BCUT2D eigenvalue weighted by molar-refractivity contribution is 5.70. The largest absolute Gasteiger partial charge is 0.665 e. The van der Waals surface area contributed by atoms with Gasteiger partial charge in [0.05, 0.1) is 23.7 Å². The molecule has 220 valence electrons. The molecule has 0 spiro atoms. The Morgan fingerprint density at radius 1 is 0.974 bits per heavy atom. The number of carboxylic acids is 1. The third-order valence-electron chi connectivity index (χ3n) is 8.60. The molecule has 0 unspecified atom stereocenters. The topological polar surface area (TPSA) is 132 Å². The fraction of sp³-hybridized carbons (Fsp3) is 0.839. The molecule has 1 saturated carbocycles. The minimum Gasteiger partial charge on any atom is -0.665 e. The summed E-state index contributed by atoms with van der Waals surface area (Å²) in [6.07, 6.45) is 14.8. The second-order valence-corrected chi connectivity index (χ2v) is 11.7. The molecule has 0 saturated heterocycles. The summed E-state index contributed by atoms with van der Waals surface area (Å²) in [6.45, 7) is 2.26. The van der Waals surface area contributed by atoms with Crippen LogP contribution in [0.3, 0.4) is 0 Å². The lowest BCUT2D eigenvalue weighted by Gasteiger charge is -2.33. The van der Waals surface area contributed by atoms with Crippen LogP contribution in [0.15, 0.2) is 12.1 Å². The Hall–Kier alpha value is -1.41. The van der Waals surface area contributed by atoms with Gasteiger partial charge in [0, 0.05) is 6.61 Å². The first-order valence-corrected chi connectivity index (χ1v) is 15.3. The number of unbranched alkanes of at least 4 members (excludes halogenated alkanes) is 7. The minimum absolute atomic E-state index is 0.0431. The van der Waals surface area contributed by atoms with E-state index in [1.807, 2.05) is 12.1 Å². The molecule has 5 atom stereocenters. The van der Waals surface area contributed by atoms with E-state index >= 15 is 0 Å². The van der Waals surface area contributed by atoms with Crippen molar-refractivity contribution in [3.05, 3.63) is 23.5 Å². The van der Waals surface area contributed by atoms with Crippen molar-refractivity contribution < 1.29 is 30.3 Å². The van der Waals surface area contributed by atoms with E-state index in [1.165, 1.54) is 25.7 Å². The first-order chi connectivity index (χ1) is 18.3. The number of carboxylic acid groups (broad SMARTS) is 1. The minimum atomic E-state index is -0.972. The number of carbonyl (C=O) groups is 1. The van der Waals surface area contributed by atoms with E-state index in [0.717, 1.165) is 69.2 Å². The number of aliphatic hydroxyl groups is 4. The molecule has 0 radical (unpaired) electrons. The van der Waals surface area contributed by atoms with Crippen LogP contribution in [-0.2, 0) is 17.6 Å². The third-order valence-corrected chi connectivity index (χ3v) is 8.60. The molecule has 0 amide bonds. The highest BCUT2D eigenvalue weighted by Gasteiger charge is 2.41. The van der Waals surface area contributed by atoms with Gasteiger partial charge in [-0.15, -0.1) is 0 Å². The van der Waals surface area contributed by atoms with Crippen LogP contribution >= 0.6 is 0 Å². The van der Waals surface area contributed by atoms with Crippen molar-refractivity contribution >= 4 is 5.97 Å². The van der Waals surface area contributed by atoms with Crippen molar-refractivity contribution in [1.29, 1.82) is 0 Å². The Balaban J connectivity index is 1.68. The van der Waals surface area contributed by atoms with Gasteiger partial charge in [0.25, 0.3) is 0 Å². The molecule has 1 aliphatic carbocycles. The summed E-state index contributed by atoms with van der Waals surface area (Å²) in [5.41, 5.74) is 0.872. The van der Waals surface area contributed by atoms with Crippen molar-refractivity contribution in [3.8, 4) is 0 Å². The summed E-state index contributed by atoms with van der Waals surface area (Å²) in [4.78, 5) is 16.4. The molecule has 38 heavy (non-hydrogen) atoms. The number of hydrogen-bond acceptors (Lipinski definition) is 5. The van der Waals surface area contributed by atoms with Gasteiger partial charge >= 0.3 is 5.97 Å². The van der Waals surface area contributed by atoms with Gasteiger partial charge in [-0.2, -0.15) is 11.4 Å². The molecule has 1 aromatic rings. The molecule has 1 heterocycles.